The standard InChI is InChI=1S/C20H18FNO2/c21-17-8-3-5-15(13-17)11-12-22-20(23)14-24-19-10-4-7-16-6-1-2-9-18(16)19/h1-10,13H,11-12,14H2,(H,22,23). The van der Waals surface area contributed by atoms with Crippen LogP contribution in [0.3, 0.4) is 0 Å². The summed E-state index contributed by atoms with van der Waals surface area (Å²) in [7, 11) is 0. The molecule has 0 heterocycles. The quantitative estimate of drug-likeness (QED) is 0.751. The van der Waals surface area contributed by atoms with Crippen molar-refractivity contribution in [1.82, 2.24) is 5.32 Å². The van der Waals surface area contributed by atoms with Gasteiger partial charge in [0.05, 0.1) is 0 Å². The minimum absolute atomic E-state index is 0.0445. The van der Waals surface area contributed by atoms with Crippen LogP contribution in [0.1, 0.15) is 5.56 Å². The lowest BCUT2D eigenvalue weighted by atomic mass is 10.1. The number of nitrogens with one attached hydrogen (secondary N) is 1. The first-order valence-electron chi connectivity index (χ1n) is 7.84. The van der Waals surface area contributed by atoms with Crippen molar-refractivity contribution in [1.29, 1.82) is 0 Å². The summed E-state index contributed by atoms with van der Waals surface area (Å²) < 4.78 is 18.7. The molecular formula is C20H18FNO2. The Hall–Kier alpha value is -2.88. The molecule has 0 aliphatic rings. The molecule has 0 saturated heterocycles. The van der Waals surface area contributed by atoms with Crippen molar-refractivity contribution in [3.05, 3.63) is 78.1 Å². The van der Waals surface area contributed by atoms with Crippen LogP contribution in [0, 0.1) is 5.82 Å². The average molecular weight is 323 g/mol. The Morgan fingerprint density at radius 2 is 1.79 bits per heavy atom. The Labute approximate surface area is 140 Å². The lowest BCUT2D eigenvalue weighted by Gasteiger charge is -2.10. The van der Waals surface area contributed by atoms with E-state index in [-0.39, 0.29) is 18.3 Å². The van der Waals surface area contributed by atoms with Gasteiger partial charge in [-0.3, -0.25) is 4.79 Å². The normalized spacial score (nSPS) is 10.5. The van der Waals surface area contributed by atoms with E-state index in [1.807, 2.05) is 48.5 Å². The van der Waals surface area contributed by atoms with Gasteiger partial charge in [0.15, 0.2) is 6.61 Å². The zero-order valence-corrected chi connectivity index (χ0v) is 13.2. The zero-order chi connectivity index (χ0) is 16.8. The Kier molecular flexibility index (Phi) is 5.06. The Morgan fingerprint density at radius 1 is 1.00 bits per heavy atom. The molecule has 3 nitrogen and oxygen atoms in total. The van der Waals surface area contributed by atoms with Gasteiger partial charge in [0.2, 0.25) is 0 Å². The fraction of sp³-hybridized carbons (Fsp3) is 0.150. The third-order valence-electron chi connectivity index (χ3n) is 3.73. The summed E-state index contributed by atoms with van der Waals surface area (Å²) >= 11 is 0. The lowest BCUT2D eigenvalue weighted by Crippen LogP contribution is -2.30. The van der Waals surface area contributed by atoms with E-state index < -0.39 is 0 Å². The zero-order valence-electron chi connectivity index (χ0n) is 13.2. The second kappa shape index (κ2) is 7.59. The topological polar surface area (TPSA) is 38.3 Å². The molecule has 0 radical (unpaired) electrons. The molecule has 3 aromatic rings. The molecule has 0 unspecified atom stereocenters. The molecule has 0 atom stereocenters. The maximum atomic E-state index is 13.1. The molecule has 0 aliphatic heterocycles. The second-order valence-electron chi connectivity index (χ2n) is 5.50. The molecule has 3 rings (SSSR count). The fourth-order valence-electron chi connectivity index (χ4n) is 2.55. The van der Waals surface area contributed by atoms with Crippen molar-refractivity contribution >= 4 is 16.7 Å². The van der Waals surface area contributed by atoms with Crippen LogP contribution in [0.4, 0.5) is 4.39 Å². The molecule has 3 aromatic carbocycles. The average Bonchev–Trinajstić information content (AvgIpc) is 2.60. The molecule has 0 spiro atoms. The first kappa shape index (κ1) is 16.0. The van der Waals surface area contributed by atoms with E-state index in [0.717, 1.165) is 16.3 Å². The van der Waals surface area contributed by atoms with Gasteiger partial charge in [0, 0.05) is 11.9 Å². The van der Waals surface area contributed by atoms with Gasteiger partial charge in [0.25, 0.3) is 5.91 Å². The monoisotopic (exact) mass is 323 g/mol. The highest BCUT2D eigenvalue weighted by Gasteiger charge is 2.05. The minimum atomic E-state index is -0.266. The number of carbonyl (C=O) groups excluding carboxylic acids is 1. The van der Waals surface area contributed by atoms with Gasteiger partial charge in [-0.05, 0) is 35.6 Å². The molecule has 1 amide bonds. The maximum Gasteiger partial charge on any atom is 0.257 e. The molecule has 0 aromatic heterocycles. The molecule has 0 saturated carbocycles. The van der Waals surface area contributed by atoms with Crippen LogP contribution in [0.2, 0.25) is 0 Å². The van der Waals surface area contributed by atoms with Crippen LogP contribution < -0.4 is 10.1 Å². The van der Waals surface area contributed by atoms with Gasteiger partial charge in [-0.2, -0.15) is 0 Å². The fourth-order valence-corrected chi connectivity index (χ4v) is 2.55. The molecule has 0 bridgehead atoms. The predicted molar refractivity (Wildman–Crippen MR) is 92.6 cm³/mol. The predicted octanol–water partition coefficient (Wildman–Crippen LogP) is 3.72. The van der Waals surface area contributed by atoms with Crippen LogP contribution >= 0.6 is 0 Å². The minimum Gasteiger partial charge on any atom is -0.483 e. The Morgan fingerprint density at radius 3 is 2.67 bits per heavy atom. The summed E-state index contributed by atoms with van der Waals surface area (Å²) in [6, 6.07) is 20.0. The van der Waals surface area contributed by atoms with Crippen molar-refractivity contribution < 1.29 is 13.9 Å². The molecule has 24 heavy (non-hydrogen) atoms. The van der Waals surface area contributed by atoms with Gasteiger partial charge < -0.3 is 10.1 Å². The molecular weight excluding hydrogens is 305 g/mol. The van der Waals surface area contributed by atoms with Gasteiger partial charge >= 0.3 is 0 Å². The molecule has 0 aliphatic carbocycles. The lowest BCUT2D eigenvalue weighted by molar-refractivity contribution is -0.123. The highest BCUT2D eigenvalue weighted by Crippen LogP contribution is 2.24. The number of rotatable bonds is 6. The smallest absolute Gasteiger partial charge is 0.257 e. The van der Waals surface area contributed by atoms with E-state index >= 15 is 0 Å². The summed E-state index contributed by atoms with van der Waals surface area (Å²) in [5.74, 6) is 0.228. The maximum absolute atomic E-state index is 13.1. The number of fused-ring (bicyclic) bond motifs is 1. The van der Waals surface area contributed by atoms with E-state index in [1.54, 1.807) is 6.07 Å². The van der Waals surface area contributed by atoms with Crippen LogP contribution in [0.5, 0.6) is 5.75 Å². The first-order valence-corrected chi connectivity index (χ1v) is 7.84. The van der Waals surface area contributed by atoms with Crippen LogP contribution in [-0.2, 0) is 11.2 Å². The van der Waals surface area contributed by atoms with E-state index in [9.17, 15) is 9.18 Å². The first-order chi connectivity index (χ1) is 11.7. The van der Waals surface area contributed by atoms with Gasteiger partial charge in [-0.15, -0.1) is 0 Å². The van der Waals surface area contributed by atoms with E-state index in [0.29, 0.717) is 18.7 Å². The third-order valence-corrected chi connectivity index (χ3v) is 3.73. The number of halogens is 1. The number of carbonyl (C=O) groups is 1. The number of hydrogen-bond donors (Lipinski definition) is 1. The van der Waals surface area contributed by atoms with Crippen molar-refractivity contribution in [2.45, 2.75) is 6.42 Å². The van der Waals surface area contributed by atoms with Crippen LogP contribution in [0.15, 0.2) is 66.7 Å². The number of amides is 1. The van der Waals surface area contributed by atoms with E-state index in [2.05, 4.69) is 5.32 Å². The van der Waals surface area contributed by atoms with Crippen molar-refractivity contribution in [2.75, 3.05) is 13.2 Å². The summed E-state index contributed by atoms with van der Waals surface area (Å²) in [5.41, 5.74) is 0.852. The third kappa shape index (κ3) is 4.10. The Bertz CT molecular complexity index is 842. The second-order valence-corrected chi connectivity index (χ2v) is 5.50. The molecule has 1 N–H and O–H groups in total. The summed E-state index contributed by atoms with van der Waals surface area (Å²) in [4.78, 5) is 11.9. The van der Waals surface area contributed by atoms with Gasteiger partial charge in [0.1, 0.15) is 11.6 Å². The molecule has 4 heteroatoms. The largest absolute Gasteiger partial charge is 0.483 e. The Balaban J connectivity index is 1.50. The molecule has 0 fully saturated rings. The highest BCUT2D eigenvalue weighted by atomic mass is 19.1. The van der Waals surface area contributed by atoms with Crippen LogP contribution in [0.25, 0.3) is 10.8 Å². The summed E-state index contributed by atoms with van der Waals surface area (Å²) in [5, 5.41) is 4.83. The number of ether oxygens (including phenoxy) is 1. The van der Waals surface area contributed by atoms with E-state index in [4.69, 9.17) is 4.74 Å². The van der Waals surface area contributed by atoms with E-state index in [1.165, 1.54) is 12.1 Å². The van der Waals surface area contributed by atoms with Crippen molar-refractivity contribution in [3.63, 3.8) is 0 Å². The van der Waals surface area contributed by atoms with Gasteiger partial charge in [-0.25, -0.2) is 4.39 Å². The van der Waals surface area contributed by atoms with Crippen LogP contribution in [-0.4, -0.2) is 19.1 Å². The summed E-state index contributed by atoms with van der Waals surface area (Å²) in [6.07, 6.45) is 0.581. The number of benzene rings is 3. The number of hydrogen-bond acceptors (Lipinski definition) is 2. The molecule has 122 valence electrons. The van der Waals surface area contributed by atoms with Gasteiger partial charge in [-0.1, -0.05) is 48.5 Å². The SMILES string of the molecule is O=C(COc1cccc2ccccc12)NCCc1cccc(F)c1. The summed E-state index contributed by atoms with van der Waals surface area (Å²) in [6.45, 7) is 0.401. The van der Waals surface area contributed by atoms with Crippen molar-refractivity contribution in [3.8, 4) is 5.75 Å². The van der Waals surface area contributed by atoms with Crippen molar-refractivity contribution in [2.24, 2.45) is 0 Å². The highest BCUT2D eigenvalue weighted by molar-refractivity contribution is 5.88.